The molecule has 6 nitrogen and oxygen atoms in total. The van der Waals surface area contributed by atoms with E-state index in [-0.39, 0.29) is 23.8 Å². The van der Waals surface area contributed by atoms with Crippen molar-refractivity contribution in [3.05, 3.63) is 28.2 Å². The molecule has 30 heavy (non-hydrogen) atoms. The Labute approximate surface area is 180 Å². The van der Waals surface area contributed by atoms with Crippen LogP contribution in [0.2, 0.25) is 0 Å². The Morgan fingerprint density at radius 2 is 1.93 bits per heavy atom. The SMILES string of the molecule is CC[C@@H]1CCc2c(sc(NC(=O)[C@H]3[C@H](C(=O)O)[C@H]4C=C[C@H]3C4)c2C(=O)OC(C)C)C1. The van der Waals surface area contributed by atoms with Crippen molar-refractivity contribution < 1.29 is 24.2 Å². The summed E-state index contributed by atoms with van der Waals surface area (Å²) in [6.45, 7) is 5.79. The Kier molecular flexibility index (Phi) is 5.75. The summed E-state index contributed by atoms with van der Waals surface area (Å²) in [6.07, 6.45) is 8.16. The highest BCUT2D eigenvalue weighted by Crippen LogP contribution is 2.49. The van der Waals surface area contributed by atoms with Crippen LogP contribution < -0.4 is 5.32 Å². The van der Waals surface area contributed by atoms with E-state index in [4.69, 9.17) is 4.74 Å². The van der Waals surface area contributed by atoms with Gasteiger partial charge in [-0.15, -0.1) is 11.3 Å². The van der Waals surface area contributed by atoms with E-state index in [2.05, 4.69) is 12.2 Å². The first-order valence-electron chi connectivity index (χ1n) is 10.9. The maximum absolute atomic E-state index is 13.2. The molecule has 3 aliphatic carbocycles. The molecule has 1 aromatic rings. The van der Waals surface area contributed by atoms with E-state index in [1.807, 2.05) is 12.2 Å². The first-order valence-corrected chi connectivity index (χ1v) is 11.7. The van der Waals surface area contributed by atoms with Crippen LogP contribution in [0.25, 0.3) is 0 Å². The maximum Gasteiger partial charge on any atom is 0.341 e. The van der Waals surface area contributed by atoms with Gasteiger partial charge in [0.2, 0.25) is 5.91 Å². The number of thiophene rings is 1. The lowest BCUT2D eigenvalue weighted by atomic mass is 9.82. The molecule has 1 heterocycles. The lowest BCUT2D eigenvalue weighted by Crippen LogP contribution is -2.36. The fraction of sp³-hybridized carbons (Fsp3) is 0.609. The van der Waals surface area contributed by atoms with Gasteiger partial charge in [-0.2, -0.15) is 0 Å². The van der Waals surface area contributed by atoms with E-state index in [1.54, 1.807) is 13.8 Å². The van der Waals surface area contributed by atoms with Gasteiger partial charge in [0.05, 0.1) is 23.5 Å². The predicted molar refractivity (Wildman–Crippen MR) is 115 cm³/mol. The Bertz CT molecular complexity index is 902. The Balaban J connectivity index is 1.64. The smallest absolute Gasteiger partial charge is 0.341 e. The summed E-state index contributed by atoms with van der Waals surface area (Å²) in [5.74, 6) is -2.50. The fourth-order valence-electron chi connectivity index (χ4n) is 5.29. The number of anilines is 1. The van der Waals surface area contributed by atoms with Crippen LogP contribution in [0, 0.1) is 29.6 Å². The van der Waals surface area contributed by atoms with Gasteiger partial charge in [-0.05, 0) is 62.8 Å². The first kappa shape index (κ1) is 21.1. The van der Waals surface area contributed by atoms with E-state index in [9.17, 15) is 19.5 Å². The standard InChI is InChI=1S/C23H29NO5S/c1-4-12-5-8-15-16(9-12)30-21(19(15)23(28)29-11(2)3)24-20(25)17-13-6-7-14(10-13)18(17)22(26)27/h6-7,11-14,17-18H,4-5,8-10H2,1-3H3,(H,24,25)(H,26,27)/t12-,13+,14+,17-,18-/m1/s1. The summed E-state index contributed by atoms with van der Waals surface area (Å²) in [6, 6.07) is 0. The number of esters is 1. The van der Waals surface area contributed by atoms with E-state index in [1.165, 1.54) is 11.3 Å². The normalized spacial score (nSPS) is 29.1. The lowest BCUT2D eigenvalue weighted by Gasteiger charge is -2.23. The molecule has 0 aromatic carbocycles. The topological polar surface area (TPSA) is 92.7 Å². The van der Waals surface area contributed by atoms with Crippen LogP contribution in [0.1, 0.15) is 60.8 Å². The van der Waals surface area contributed by atoms with Crippen molar-refractivity contribution in [2.24, 2.45) is 29.6 Å². The number of carboxylic acid groups (broad SMARTS) is 1. The van der Waals surface area contributed by atoms with Crippen LogP contribution in [0.4, 0.5) is 5.00 Å². The van der Waals surface area contributed by atoms with Crippen LogP contribution in [0.5, 0.6) is 0 Å². The second kappa shape index (κ2) is 8.17. The zero-order valence-corrected chi connectivity index (χ0v) is 18.5. The molecule has 3 aliphatic rings. The number of carbonyl (C=O) groups is 3. The number of allylic oxidation sites excluding steroid dienone is 2. The van der Waals surface area contributed by atoms with Crippen LogP contribution >= 0.6 is 11.3 Å². The molecular formula is C23H29NO5S. The van der Waals surface area contributed by atoms with E-state index in [0.717, 1.165) is 36.1 Å². The van der Waals surface area contributed by atoms with Crippen molar-refractivity contribution in [2.75, 3.05) is 5.32 Å². The number of rotatable bonds is 6. The van der Waals surface area contributed by atoms with Gasteiger partial charge in [-0.25, -0.2) is 4.79 Å². The molecule has 2 N–H and O–H groups in total. The van der Waals surface area contributed by atoms with Gasteiger partial charge in [-0.1, -0.05) is 25.5 Å². The van der Waals surface area contributed by atoms with Crippen molar-refractivity contribution >= 4 is 34.2 Å². The van der Waals surface area contributed by atoms with Crippen molar-refractivity contribution in [1.29, 1.82) is 0 Å². The molecule has 0 aliphatic heterocycles. The summed E-state index contributed by atoms with van der Waals surface area (Å²) in [5, 5.41) is 13.1. The number of fused-ring (bicyclic) bond motifs is 3. The minimum atomic E-state index is -0.928. The molecule has 1 amide bonds. The summed E-state index contributed by atoms with van der Waals surface area (Å²) < 4.78 is 5.48. The Morgan fingerprint density at radius 3 is 2.57 bits per heavy atom. The third-order valence-corrected chi connectivity index (χ3v) is 7.95. The molecule has 1 fully saturated rings. The van der Waals surface area contributed by atoms with Gasteiger partial charge in [0, 0.05) is 4.88 Å². The quantitative estimate of drug-likeness (QED) is 0.518. The number of carboxylic acids is 1. The van der Waals surface area contributed by atoms with Crippen LogP contribution in [0.3, 0.4) is 0 Å². The highest BCUT2D eigenvalue weighted by Gasteiger charge is 2.52. The number of amides is 1. The zero-order valence-electron chi connectivity index (χ0n) is 17.6. The number of carbonyl (C=O) groups excluding carboxylic acids is 2. The first-order chi connectivity index (χ1) is 14.3. The van der Waals surface area contributed by atoms with E-state index >= 15 is 0 Å². The molecule has 4 rings (SSSR count). The molecule has 1 aromatic heterocycles. The summed E-state index contributed by atoms with van der Waals surface area (Å²) in [4.78, 5) is 39.0. The van der Waals surface area contributed by atoms with Crippen molar-refractivity contribution in [3.63, 3.8) is 0 Å². The summed E-state index contributed by atoms with van der Waals surface area (Å²) in [5.41, 5.74) is 1.46. The van der Waals surface area contributed by atoms with Gasteiger partial charge in [0.15, 0.2) is 0 Å². The average Bonchev–Trinajstić information content (AvgIpc) is 3.38. The molecular weight excluding hydrogens is 402 g/mol. The third-order valence-electron chi connectivity index (χ3n) is 6.78. The second-order valence-corrected chi connectivity index (χ2v) is 10.1. The van der Waals surface area contributed by atoms with Crippen LogP contribution in [-0.4, -0.2) is 29.1 Å². The predicted octanol–water partition coefficient (Wildman–Crippen LogP) is 4.29. The van der Waals surface area contributed by atoms with E-state index < -0.39 is 23.8 Å². The molecule has 2 bridgehead atoms. The number of hydrogen-bond donors (Lipinski definition) is 2. The number of nitrogens with one attached hydrogen (secondary N) is 1. The van der Waals surface area contributed by atoms with E-state index in [0.29, 0.717) is 22.9 Å². The summed E-state index contributed by atoms with van der Waals surface area (Å²) in [7, 11) is 0. The molecule has 1 saturated carbocycles. The monoisotopic (exact) mass is 431 g/mol. The zero-order chi connectivity index (χ0) is 21.6. The number of hydrogen-bond acceptors (Lipinski definition) is 5. The average molecular weight is 432 g/mol. The van der Waals surface area contributed by atoms with Gasteiger partial charge in [-0.3, -0.25) is 9.59 Å². The highest BCUT2D eigenvalue weighted by atomic mass is 32.1. The van der Waals surface area contributed by atoms with Gasteiger partial charge >= 0.3 is 11.9 Å². The van der Waals surface area contributed by atoms with Crippen molar-refractivity contribution in [1.82, 2.24) is 0 Å². The van der Waals surface area contributed by atoms with Crippen LogP contribution in [0.15, 0.2) is 12.2 Å². The highest BCUT2D eigenvalue weighted by molar-refractivity contribution is 7.17. The maximum atomic E-state index is 13.2. The molecule has 0 saturated heterocycles. The minimum Gasteiger partial charge on any atom is -0.481 e. The number of ether oxygens (including phenoxy) is 1. The van der Waals surface area contributed by atoms with Crippen molar-refractivity contribution in [3.8, 4) is 0 Å². The molecule has 0 spiro atoms. The fourth-order valence-corrected chi connectivity index (χ4v) is 6.64. The molecule has 5 atom stereocenters. The van der Waals surface area contributed by atoms with Gasteiger partial charge < -0.3 is 15.2 Å². The second-order valence-electron chi connectivity index (χ2n) is 9.01. The summed E-state index contributed by atoms with van der Waals surface area (Å²) >= 11 is 1.46. The van der Waals surface area contributed by atoms with Crippen LogP contribution in [-0.2, 0) is 27.2 Å². The lowest BCUT2D eigenvalue weighted by molar-refractivity contribution is -0.146. The van der Waals surface area contributed by atoms with Gasteiger partial charge in [0.25, 0.3) is 0 Å². The largest absolute Gasteiger partial charge is 0.481 e. The molecule has 7 heteroatoms. The third kappa shape index (κ3) is 3.68. The van der Waals surface area contributed by atoms with Crippen molar-refractivity contribution in [2.45, 2.75) is 59.0 Å². The molecule has 0 unspecified atom stereocenters. The Hall–Kier alpha value is -2.15. The molecule has 162 valence electrons. The number of aliphatic carboxylic acids is 1. The Morgan fingerprint density at radius 1 is 1.23 bits per heavy atom. The molecule has 0 radical (unpaired) electrons. The minimum absolute atomic E-state index is 0.0544. The van der Waals surface area contributed by atoms with Gasteiger partial charge in [0.1, 0.15) is 5.00 Å².